The van der Waals surface area contributed by atoms with Crippen LogP contribution in [0.5, 0.6) is 0 Å². The number of likely N-dealkylation sites (tertiary alicyclic amines) is 1. The fourth-order valence-electron chi connectivity index (χ4n) is 3.52. The van der Waals surface area contributed by atoms with Crippen molar-refractivity contribution in [2.45, 2.75) is 44.3 Å². The number of nitrogens with zero attached hydrogens (tertiary/aromatic N) is 1. The third-order valence-corrected chi connectivity index (χ3v) is 5.10. The lowest BCUT2D eigenvalue weighted by Gasteiger charge is -2.42. The molecule has 6 nitrogen and oxygen atoms in total. The molecule has 0 bridgehead atoms. The van der Waals surface area contributed by atoms with E-state index in [1.807, 2.05) is 18.2 Å². The highest BCUT2D eigenvalue weighted by Crippen LogP contribution is 2.26. The number of aliphatic hydroxyl groups is 2. The molecule has 3 rings (SSSR count). The molecule has 6 heteroatoms. The van der Waals surface area contributed by atoms with Crippen LogP contribution in [0.3, 0.4) is 0 Å². The molecule has 1 aliphatic heterocycles. The van der Waals surface area contributed by atoms with Crippen LogP contribution in [0.2, 0.25) is 0 Å². The molecule has 1 fully saturated rings. The Bertz CT molecular complexity index is 660. The second kappa shape index (κ2) is 6.53. The van der Waals surface area contributed by atoms with E-state index in [0.29, 0.717) is 12.1 Å². The Kier molecular flexibility index (Phi) is 4.60. The van der Waals surface area contributed by atoms with E-state index in [0.717, 1.165) is 19.3 Å². The van der Waals surface area contributed by atoms with Gasteiger partial charge in [0.1, 0.15) is 11.7 Å². The van der Waals surface area contributed by atoms with Crippen LogP contribution in [-0.4, -0.2) is 58.3 Å². The number of carbonyl (C=O) groups is 2. The summed E-state index contributed by atoms with van der Waals surface area (Å²) in [5.74, 6) is -0.377. The SMILES string of the molecule is CC(=O)NC[C@]1(O)CCN(C(=O)c2ccc3c(c2)CCC3)C[C@H]1O. The molecule has 0 saturated carbocycles. The van der Waals surface area contributed by atoms with E-state index in [9.17, 15) is 19.8 Å². The Hall–Kier alpha value is -1.92. The van der Waals surface area contributed by atoms with Gasteiger partial charge in [-0.05, 0) is 48.9 Å². The fraction of sp³-hybridized carbons (Fsp3) is 0.556. The minimum absolute atomic E-state index is 0.00955. The van der Waals surface area contributed by atoms with Crippen LogP contribution in [0.1, 0.15) is 41.3 Å². The van der Waals surface area contributed by atoms with Crippen LogP contribution in [-0.2, 0) is 17.6 Å². The van der Waals surface area contributed by atoms with E-state index in [1.54, 1.807) is 4.90 Å². The zero-order valence-electron chi connectivity index (χ0n) is 13.9. The van der Waals surface area contributed by atoms with Gasteiger partial charge in [0.25, 0.3) is 5.91 Å². The van der Waals surface area contributed by atoms with Gasteiger partial charge in [0.15, 0.2) is 0 Å². The highest BCUT2D eigenvalue weighted by Gasteiger charge is 2.42. The van der Waals surface area contributed by atoms with Crippen LogP contribution in [0.15, 0.2) is 18.2 Å². The molecule has 24 heavy (non-hydrogen) atoms. The standard InChI is InChI=1S/C18H24N2O4/c1-12(21)19-11-18(24)7-8-20(10-16(18)22)17(23)15-6-5-13-3-2-4-14(13)9-15/h5-6,9,16,22,24H,2-4,7-8,10-11H2,1H3,(H,19,21)/t16-,18-/m1/s1. The molecule has 2 atom stereocenters. The first-order valence-corrected chi connectivity index (χ1v) is 8.45. The lowest BCUT2D eigenvalue weighted by Crippen LogP contribution is -2.61. The molecule has 3 N–H and O–H groups in total. The number of fused-ring (bicyclic) bond motifs is 1. The highest BCUT2D eigenvalue weighted by atomic mass is 16.3. The number of carbonyl (C=O) groups excluding carboxylic acids is 2. The molecule has 2 aliphatic rings. The summed E-state index contributed by atoms with van der Waals surface area (Å²) in [4.78, 5) is 25.3. The Morgan fingerprint density at radius 1 is 1.33 bits per heavy atom. The molecule has 0 spiro atoms. The van der Waals surface area contributed by atoms with Crippen LogP contribution >= 0.6 is 0 Å². The van der Waals surface area contributed by atoms with Gasteiger partial charge in [-0.1, -0.05) is 6.07 Å². The van der Waals surface area contributed by atoms with Gasteiger partial charge in [0.05, 0.1) is 0 Å². The Labute approximate surface area is 141 Å². The van der Waals surface area contributed by atoms with Crippen molar-refractivity contribution < 1.29 is 19.8 Å². The third-order valence-electron chi connectivity index (χ3n) is 5.10. The number of amides is 2. The number of β-amino-alcohol motifs (C(OH)–C–C–N with tert-alkyl or cyclic N) is 1. The second-order valence-electron chi connectivity index (χ2n) is 6.87. The summed E-state index contributed by atoms with van der Waals surface area (Å²) in [5, 5.41) is 23.3. The lowest BCUT2D eigenvalue weighted by molar-refractivity contribution is -0.127. The Morgan fingerprint density at radius 2 is 2.08 bits per heavy atom. The number of rotatable bonds is 3. The molecule has 2 amide bonds. The van der Waals surface area contributed by atoms with Crippen molar-refractivity contribution in [2.24, 2.45) is 0 Å². The summed E-state index contributed by atoms with van der Waals surface area (Å²) >= 11 is 0. The minimum Gasteiger partial charge on any atom is -0.388 e. The predicted molar refractivity (Wildman–Crippen MR) is 88.6 cm³/mol. The largest absolute Gasteiger partial charge is 0.388 e. The predicted octanol–water partition coefficient (Wildman–Crippen LogP) is 0.249. The zero-order valence-corrected chi connectivity index (χ0v) is 13.9. The van der Waals surface area contributed by atoms with Gasteiger partial charge in [-0.15, -0.1) is 0 Å². The number of hydrogen-bond acceptors (Lipinski definition) is 4. The van der Waals surface area contributed by atoms with Crippen molar-refractivity contribution >= 4 is 11.8 Å². The first kappa shape index (κ1) is 16.9. The van der Waals surface area contributed by atoms with E-state index < -0.39 is 11.7 Å². The van der Waals surface area contributed by atoms with E-state index in [2.05, 4.69) is 5.32 Å². The van der Waals surface area contributed by atoms with E-state index in [1.165, 1.54) is 18.1 Å². The topological polar surface area (TPSA) is 89.9 Å². The zero-order chi connectivity index (χ0) is 17.3. The number of aryl methyl sites for hydroxylation is 2. The molecule has 1 aromatic carbocycles. The molecule has 1 saturated heterocycles. The molecule has 1 aromatic rings. The Morgan fingerprint density at radius 3 is 2.79 bits per heavy atom. The van der Waals surface area contributed by atoms with Gasteiger partial charge in [0, 0.05) is 32.1 Å². The van der Waals surface area contributed by atoms with Gasteiger partial charge in [0.2, 0.25) is 5.91 Å². The van der Waals surface area contributed by atoms with E-state index >= 15 is 0 Å². The molecular formula is C18H24N2O4. The van der Waals surface area contributed by atoms with Gasteiger partial charge >= 0.3 is 0 Å². The summed E-state index contributed by atoms with van der Waals surface area (Å²) < 4.78 is 0. The van der Waals surface area contributed by atoms with Crippen LogP contribution in [0.25, 0.3) is 0 Å². The first-order valence-electron chi connectivity index (χ1n) is 8.45. The summed E-state index contributed by atoms with van der Waals surface area (Å²) in [6, 6.07) is 5.81. The summed E-state index contributed by atoms with van der Waals surface area (Å²) in [5.41, 5.74) is 1.80. The van der Waals surface area contributed by atoms with Crippen molar-refractivity contribution in [3.8, 4) is 0 Å². The summed E-state index contributed by atoms with van der Waals surface area (Å²) in [6.45, 7) is 1.77. The maximum atomic E-state index is 12.7. The van der Waals surface area contributed by atoms with Gasteiger partial charge in [-0.2, -0.15) is 0 Å². The molecular weight excluding hydrogens is 308 g/mol. The monoisotopic (exact) mass is 332 g/mol. The van der Waals surface area contributed by atoms with Crippen molar-refractivity contribution in [3.63, 3.8) is 0 Å². The number of nitrogens with one attached hydrogen (secondary N) is 1. The van der Waals surface area contributed by atoms with Gasteiger partial charge in [-0.3, -0.25) is 9.59 Å². The van der Waals surface area contributed by atoms with E-state index in [-0.39, 0.29) is 31.3 Å². The molecule has 0 unspecified atom stereocenters. The van der Waals surface area contributed by atoms with Crippen LogP contribution in [0.4, 0.5) is 0 Å². The van der Waals surface area contributed by atoms with Crippen LogP contribution in [0, 0.1) is 0 Å². The average molecular weight is 332 g/mol. The quantitative estimate of drug-likeness (QED) is 0.740. The number of piperidine rings is 1. The van der Waals surface area contributed by atoms with Crippen LogP contribution < -0.4 is 5.32 Å². The maximum absolute atomic E-state index is 12.7. The number of benzene rings is 1. The average Bonchev–Trinajstić information content (AvgIpc) is 3.02. The highest BCUT2D eigenvalue weighted by molar-refractivity contribution is 5.94. The molecule has 0 radical (unpaired) electrons. The van der Waals surface area contributed by atoms with Crippen molar-refractivity contribution in [3.05, 3.63) is 34.9 Å². The summed E-state index contributed by atoms with van der Waals surface area (Å²) in [7, 11) is 0. The lowest BCUT2D eigenvalue weighted by atomic mass is 9.88. The van der Waals surface area contributed by atoms with Crippen molar-refractivity contribution in [2.75, 3.05) is 19.6 Å². The smallest absolute Gasteiger partial charge is 0.253 e. The van der Waals surface area contributed by atoms with Gasteiger partial charge < -0.3 is 20.4 Å². The molecule has 1 aliphatic carbocycles. The first-order chi connectivity index (χ1) is 11.4. The second-order valence-corrected chi connectivity index (χ2v) is 6.87. The molecule has 1 heterocycles. The van der Waals surface area contributed by atoms with E-state index in [4.69, 9.17) is 0 Å². The van der Waals surface area contributed by atoms with Crippen molar-refractivity contribution in [1.82, 2.24) is 10.2 Å². The van der Waals surface area contributed by atoms with Gasteiger partial charge in [-0.25, -0.2) is 0 Å². The third kappa shape index (κ3) is 3.30. The minimum atomic E-state index is -1.39. The summed E-state index contributed by atoms with van der Waals surface area (Å²) in [6.07, 6.45) is 2.35. The molecule has 0 aromatic heterocycles. The molecule has 130 valence electrons. The number of hydrogen-bond donors (Lipinski definition) is 3. The fourth-order valence-corrected chi connectivity index (χ4v) is 3.52. The normalized spacial score (nSPS) is 26.1. The Balaban J connectivity index is 1.67. The maximum Gasteiger partial charge on any atom is 0.253 e. The van der Waals surface area contributed by atoms with Crippen molar-refractivity contribution in [1.29, 1.82) is 0 Å². The number of aliphatic hydroxyl groups excluding tert-OH is 1.